The zero-order valence-electron chi connectivity index (χ0n) is 11.7. The Morgan fingerprint density at radius 3 is 2.95 bits per heavy atom. The molecule has 2 N–H and O–H groups in total. The third-order valence-electron chi connectivity index (χ3n) is 3.76. The molecule has 0 aliphatic carbocycles. The molecule has 0 bridgehead atoms. The van der Waals surface area contributed by atoms with E-state index in [1.165, 1.54) is 5.56 Å². The zero-order valence-corrected chi connectivity index (χ0v) is 12.5. The standard InChI is InChI=1S/C12H22N4O2S/c1-4-19(17,18)13-7-9(2)16-6-5-12-11(8-16)10(3)14-15-12/h9,13H,4-8H2,1-3H3,(H,14,15)/t9-/m1/s1. The van der Waals surface area contributed by atoms with Crippen molar-refractivity contribution in [3.8, 4) is 0 Å². The molecule has 6 nitrogen and oxygen atoms in total. The van der Waals surface area contributed by atoms with Crippen molar-refractivity contribution in [3.05, 3.63) is 17.0 Å². The normalized spacial score (nSPS) is 18.3. The van der Waals surface area contributed by atoms with Gasteiger partial charge in [-0.05, 0) is 20.8 Å². The summed E-state index contributed by atoms with van der Waals surface area (Å²) >= 11 is 0. The molecule has 2 heterocycles. The lowest BCUT2D eigenvalue weighted by Crippen LogP contribution is -2.44. The molecule has 1 aliphatic rings. The maximum Gasteiger partial charge on any atom is 0.211 e. The van der Waals surface area contributed by atoms with Gasteiger partial charge < -0.3 is 0 Å². The molecule has 0 spiro atoms. The Labute approximate surface area is 114 Å². The summed E-state index contributed by atoms with van der Waals surface area (Å²) in [5, 5.41) is 7.30. The molecule has 19 heavy (non-hydrogen) atoms. The van der Waals surface area contributed by atoms with Gasteiger partial charge in [0.1, 0.15) is 0 Å². The summed E-state index contributed by atoms with van der Waals surface area (Å²) in [5.41, 5.74) is 3.52. The number of hydrogen-bond acceptors (Lipinski definition) is 4. The number of H-pyrrole nitrogens is 1. The molecule has 1 aromatic rings. The number of nitrogens with zero attached hydrogens (tertiary/aromatic N) is 2. The third-order valence-corrected chi connectivity index (χ3v) is 5.13. The SMILES string of the molecule is CCS(=O)(=O)NC[C@@H](C)N1CCc2n[nH]c(C)c2C1. The van der Waals surface area contributed by atoms with Crippen molar-refractivity contribution in [2.24, 2.45) is 0 Å². The van der Waals surface area contributed by atoms with Gasteiger partial charge in [0.05, 0.1) is 11.4 Å². The van der Waals surface area contributed by atoms with Gasteiger partial charge in [0.15, 0.2) is 0 Å². The van der Waals surface area contributed by atoms with Crippen LogP contribution >= 0.6 is 0 Å². The molecule has 2 rings (SSSR count). The summed E-state index contributed by atoms with van der Waals surface area (Å²) in [6, 6.07) is 0.184. The first-order chi connectivity index (χ1) is 8.93. The number of nitrogens with one attached hydrogen (secondary N) is 2. The van der Waals surface area contributed by atoms with Gasteiger partial charge >= 0.3 is 0 Å². The second-order valence-corrected chi connectivity index (χ2v) is 7.19. The van der Waals surface area contributed by atoms with Gasteiger partial charge in [-0.3, -0.25) is 10.00 Å². The Hall–Kier alpha value is -0.920. The summed E-state index contributed by atoms with van der Waals surface area (Å²) in [6.45, 7) is 7.95. The molecule has 1 aromatic heterocycles. The number of rotatable bonds is 5. The van der Waals surface area contributed by atoms with Gasteiger partial charge in [0, 0.05) is 43.4 Å². The van der Waals surface area contributed by atoms with Crippen LogP contribution in [0.5, 0.6) is 0 Å². The van der Waals surface area contributed by atoms with Crippen molar-refractivity contribution in [2.45, 2.75) is 39.8 Å². The van der Waals surface area contributed by atoms with Crippen molar-refractivity contribution in [1.82, 2.24) is 19.8 Å². The van der Waals surface area contributed by atoms with Gasteiger partial charge in [-0.1, -0.05) is 0 Å². The van der Waals surface area contributed by atoms with Crippen LogP contribution < -0.4 is 4.72 Å². The van der Waals surface area contributed by atoms with E-state index in [0.717, 1.165) is 30.9 Å². The molecule has 0 amide bonds. The van der Waals surface area contributed by atoms with E-state index in [1.807, 2.05) is 6.92 Å². The fraction of sp³-hybridized carbons (Fsp3) is 0.750. The van der Waals surface area contributed by atoms with Crippen LogP contribution in [0.2, 0.25) is 0 Å². The highest BCUT2D eigenvalue weighted by atomic mass is 32.2. The monoisotopic (exact) mass is 286 g/mol. The van der Waals surface area contributed by atoms with Crippen LogP contribution in [0.1, 0.15) is 30.8 Å². The van der Waals surface area contributed by atoms with E-state index >= 15 is 0 Å². The van der Waals surface area contributed by atoms with E-state index in [-0.39, 0.29) is 11.8 Å². The first kappa shape index (κ1) is 14.5. The number of sulfonamides is 1. The quantitative estimate of drug-likeness (QED) is 0.821. The third kappa shape index (κ3) is 3.34. The molecule has 0 saturated carbocycles. The fourth-order valence-corrected chi connectivity index (χ4v) is 3.01. The van der Waals surface area contributed by atoms with E-state index in [1.54, 1.807) is 6.92 Å². The predicted molar refractivity (Wildman–Crippen MR) is 74.4 cm³/mol. The minimum Gasteiger partial charge on any atom is -0.295 e. The lowest BCUT2D eigenvalue weighted by molar-refractivity contribution is 0.191. The van der Waals surface area contributed by atoms with Crippen molar-refractivity contribution < 1.29 is 8.42 Å². The Morgan fingerprint density at radius 1 is 1.53 bits per heavy atom. The van der Waals surface area contributed by atoms with Crippen molar-refractivity contribution >= 4 is 10.0 Å². The van der Waals surface area contributed by atoms with Crippen molar-refractivity contribution in [2.75, 3.05) is 18.8 Å². The molecule has 0 unspecified atom stereocenters. The molecule has 0 aromatic carbocycles. The van der Waals surface area contributed by atoms with Crippen LogP contribution in [0.4, 0.5) is 0 Å². The van der Waals surface area contributed by atoms with E-state index in [9.17, 15) is 8.42 Å². The summed E-state index contributed by atoms with van der Waals surface area (Å²) in [6.07, 6.45) is 0.921. The molecule has 1 atom stereocenters. The van der Waals surface area contributed by atoms with Crippen LogP contribution in [-0.2, 0) is 23.0 Å². The molecule has 1 aliphatic heterocycles. The van der Waals surface area contributed by atoms with Crippen LogP contribution in [0.25, 0.3) is 0 Å². The topological polar surface area (TPSA) is 78.1 Å². The molecule has 7 heteroatoms. The maximum atomic E-state index is 11.5. The average Bonchev–Trinajstić information content (AvgIpc) is 2.77. The van der Waals surface area contributed by atoms with Gasteiger partial charge in [0.2, 0.25) is 10.0 Å². The minimum absolute atomic E-state index is 0.130. The van der Waals surface area contributed by atoms with Crippen molar-refractivity contribution in [1.29, 1.82) is 0 Å². The average molecular weight is 286 g/mol. The molecular weight excluding hydrogens is 264 g/mol. The first-order valence-electron chi connectivity index (χ1n) is 6.67. The highest BCUT2D eigenvalue weighted by molar-refractivity contribution is 7.89. The maximum absolute atomic E-state index is 11.5. The Balaban J connectivity index is 1.95. The summed E-state index contributed by atoms with van der Waals surface area (Å²) in [4.78, 5) is 2.29. The lowest BCUT2D eigenvalue weighted by Gasteiger charge is -2.32. The van der Waals surface area contributed by atoms with Crippen molar-refractivity contribution in [3.63, 3.8) is 0 Å². The molecule has 0 fully saturated rings. The largest absolute Gasteiger partial charge is 0.295 e. The second kappa shape index (κ2) is 5.60. The molecular formula is C12H22N4O2S. The van der Waals surface area contributed by atoms with E-state index < -0.39 is 10.0 Å². The highest BCUT2D eigenvalue weighted by Crippen LogP contribution is 2.21. The summed E-state index contributed by atoms with van der Waals surface area (Å²) in [5.74, 6) is 0.130. The van der Waals surface area contributed by atoms with Crippen LogP contribution in [0.3, 0.4) is 0 Å². The van der Waals surface area contributed by atoms with Crippen LogP contribution in [0.15, 0.2) is 0 Å². The molecule has 0 saturated heterocycles. The van der Waals surface area contributed by atoms with E-state index in [4.69, 9.17) is 0 Å². The van der Waals surface area contributed by atoms with Crippen LogP contribution in [-0.4, -0.2) is 48.4 Å². The summed E-state index contributed by atoms with van der Waals surface area (Å²) < 4.78 is 25.6. The summed E-state index contributed by atoms with van der Waals surface area (Å²) in [7, 11) is -3.11. The van der Waals surface area contributed by atoms with Crippen LogP contribution in [0, 0.1) is 6.92 Å². The van der Waals surface area contributed by atoms with E-state index in [0.29, 0.717) is 6.54 Å². The van der Waals surface area contributed by atoms with Gasteiger partial charge in [-0.2, -0.15) is 5.10 Å². The zero-order chi connectivity index (χ0) is 14.0. The second-order valence-electron chi connectivity index (χ2n) is 5.10. The first-order valence-corrected chi connectivity index (χ1v) is 8.32. The Bertz CT molecular complexity index is 538. The smallest absolute Gasteiger partial charge is 0.211 e. The highest BCUT2D eigenvalue weighted by Gasteiger charge is 2.24. The lowest BCUT2D eigenvalue weighted by atomic mass is 10.0. The van der Waals surface area contributed by atoms with E-state index in [2.05, 4.69) is 26.7 Å². The fourth-order valence-electron chi connectivity index (χ4n) is 2.31. The molecule has 108 valence electrons. The number of aromatic nitrogens is 2. The number of aryl methyl sites for hydroxylation is 1. The van der Waals surface area contributed by atoms with Gasteiger partial charge in [-0.25, -0.2) is 13.1 Å². The van der Waals surface area contributed by atoms with Gasteiger partial charge in [0.25, 0.3) is 0 Å². The number of fused-ring (bicyclic) bond motifs is 1. The molecule has 0 radical (unpaired) electrons. The van der Waals surface area contributed by atoms with Gasteiger partial charge in [-0.15, -0.1) is 0 Å². The number of hydrogen-bond donors (Lipinski definition) is 2. The predicted octanol–water partition coefficient (Wildman–Crippen LogP) is 0.404. The Morgan fingerprint density at radius 2 is 2.26 bits per heavy atom. The minimum atomic E-state index is -3.11. The Kier molecular flexibility index (Phi) is 4.27. The number of aromatic amines is 1.